The van der Waals surface area contributed by atoms with Gasteiger partial charge in [-0.25, -0.2) is 13.8 Å². The van der Waals surface area contributed by atoms with Crippen LogP contribution in [0.2, 0.25) is 0 Å². The van der Waals surface area contributed by atoms with Gasteiger partial charge in [-0.1, -0.05) is 37.1 Å². The van der Waals surface area contributed by atoms with E-state index in [9.17, 15) is 13.6 Å². The first-order chi connectivity index (χ1) is 17.2. The van der Waals surface area contributed by atoms with Crippen molar-refractivity contribution in [1.29, 1.82) is 0 Å². The van der Waals surface area contributed by atoms with Gasteiger partial charge in [0.2, 0.25) is 0 Å². The number of hydrogen-bond acceptors (Lipinski definition) is 7. The van der Waals surface area contributed by atoms with E-state index in [4.69, 9.17) is 16.9 Å². The number of carbonyl (C=O) groups excluding carboxylic acids is 1. The number of ether oxygens (including phenoxy) is 1. The summed E-state index contributed by atoms with van der Waals surface area (Å²) in [5.41, 5.74) is 5.92. The molecule has 0 aliphatic heterocycles. The fraction of sp³-hybridized carbons (Fsp3) is 0.462. The van der Waals surface area contributed by atoms with Gasteiger partial charge in [0, 0.05) is 37.1 Å². The molecule has 194 valence electrons. The van der Waals surface area contributed by atoms with Crippen LogP contribution >= 0.6 is 11.9 Å². The highest BCUT2D eigenvalue weighted by atomic mass is 32.2. The predicted molar refractivity (Wildman–Crippen MR) is 141 cm³/mol. The average Bonchev–Trinajstić information content (AvgIpc) is 2.86. The molecule has 7 nitrogen and oxygen atoms in total. The van der Waals surface area contributed by atoms with Crippen molar-refractivity contribution in [2.24, 2.45) is 0 Å². The van der Waals surface area contributed by atoms with E-state index < -0.39 is 17.7 Å². The van der Waals surface area contributed by atoms with Crippen molar-refractivity contribution in [3.8, 4) is 18.1 Å². The van der Waals surface area contributed by atoms with E-state index in [0.29, 0.717) is 24.3 Å². The predicted octanol–water partition coefficient (Wildman–Crippen LogP) is 4.15. The van der Waals surface area contributed by atoms with Gasteiger partial charge in [0.1, 0.15) is 35.6 Å². The van der Waals surface area contributed by atoms with Crippen molar-refractivity contribution in [2.75, 3.05) is 36.5 Å². The minimum atomic E-state index is -0.738. The summed E-state index contributed by atoms with van der Waals surface area (Å²) in [4.78, 5) is 17.4. The van der Waals surface area contributed by atoms with Crippen molar-refractivity contribution in [3.05, 3.63) is 47.5 Å². The lowest BCUT2D eigenvalue weighted by Gasteiger charge is -2.34. The number of nitrogens with one attached hydrogen (secondary N) is 2. The number of benzene rings is 1. The Morgan fingerprint density at radius 3 is 2.58 bits per heavy atom. The third-order valence-corrected chi connectivity index (χ3v) is 6.99. The molecule has 0 saturated heterocycles. The molecule has 1 atom stereocenters. The molecule has 0 bridgehead atoms. The van der Waals surface area contributed by atoms with E-state index >= 15 is 0 Å². The van der Waals surface area contributed by atoms with Gasteiger partial charge < -0.3 is 25.4 Å². The fourth-order valence-electron chi connectivity index (χ4n) is 4.21. The zero-order chi connectivity index (χ0) is 26.1. The van der Waals surface area contributed by atoms with Crippen LogP contribution in [-0.2, 0) is 0 Å². The molecular weight excluding hydrogens is 484 g/mol. The third-order valence-electron chi connectivity index (χ3n) is 6.25. The van der Waals surface area contributed by atoms with Crippen LogP contribution in [0.1, 0.15) is 48.9 Å². The molecule has 2 aromatic rings. The zero-order valence-electron chi connectivity index (χ0n) is 20.7. The summed E-state index contributed by atoms with van der Waals surface area (Å²) in [7, 11) is 1.82. The molecule has 1 aliphatic carbocycles. The highest BCUT2D eigenvalue weighted by Crippen LogP contribution is 2.27. The van der Waals surface area contributed by atoms with Crippen LogP contribution in [0.3, 0.4) is 0 Å². The lowest BCUT2D eigenvalue weighted by atomic mass is 9.82. The van der Waals surface area contributed by atoms with E-state index in [1.165, 1.54) is 24.4 Å². The Balaban J connectivity index is 1.72. The molecule has 0 spiro atoms. The Kier molecular flexibility index (Phi) is 9.79. The van der Waals surface area contributed by atoms with Crippen LogP contribution < -0.4 is 25.4 Å². The van der Waals surface area contributed by atoms with Gasteiger partial charge in [0.15, 0.2) is 0 Å². The number of aromatic nitrogens is 1. The number of amides is 1. The fourth-order valence-corrected chi connectivity index (χ4v) is 4.49. The highest BCUT2D eigenvalue weighted by molar-refractivity contribution is 7.99. The summed E-state index contributed by atoms with van der Waals surface area (Å²) in [6.45, 7) is 0.548. The van der Waals surface area contributed by atoms with Crippen molar-refractivity contribution >= 4 is 29.5 Å². The second-order valence-corrected chi connectivity index (χ2v) is 9.82. The SMILES string of the molecule is C#CC1(NCC[C@H](COc2cc(F)cc(F)c2)NC(=O)c2cc(N)nc(N(C)SC)c2)CCCCC1. The van der Waals surface area contributed by atoms with Crippen molar-refractivity contribution in [2.45, 2.75) is 50.1 Å². The van der Waals surface area contributed by atoms with Gasteiger partial charge in [0.05, 0.1) is 11.6 Å². The molecule has 4 N–H and O–H groups in total. The Morgan fingerprint density at radius 2 is 1.94 bits per heavy atom. The Morgan fingerprint density at radius 1 is 1.25 bits per heavy atom. The van der Waals surface area contributed by atoms with Crippen LogP contribution in [0.4, 0.5) is 20.4 Å². The topological polar surface area (TPSA) is 92.5 Å². The number of halogens is 2. The number of anilines is 2. The quantitative estimate of drug-likeness (QED) is 0.305. The number of hydrogen-bond donors (Lipinski definition) is 3. The van der Waals surface area contributed by atoms with E-state index in [2.05, 4.69) is 21.5 Å². The van der Waals surface area contributed by atoms with E-state index in [1.807, 2.05) is 13.3 Å². The maximum absolute atomic E-state index is 13.6. The minimum absolute atomic E-state index is 0.0114. The number of carbonyl (C=O) groups is 1. The van der Waals surface area contributed by atoms with Gasteiger partial charge in [0.25, 0.3) is 5.91 Å². The first-order valence-corrected chi connectivity index (χ1v) is 13.1. The maximum Gasteiger partial charge on any atom is 0.251 e. The summed E-state index contributed by atoms with van der Waals surface area (Å²) in [6, 6.07) is 5.66. The van der Waals surface area contributed by atoms with E-state index in [-0.39, 0.29) is 29.6 Å². The second kappa shape index (κ2) is 12.8. The Labute approximate surface area is 215 Å². The Hall–Kier alpha value is -3.03. The van der Waals surface area contributed by atoms with Gasteiger partial charge in [-0.3, -0.25) is 4.79 Å². The summed E-state index contributed by atoms with van der Waals surface area (Å²) < 4.78 is 34.6. The Bertz CT molecular complexity index is 1070. The number of rotatable bonds is 11. The minimum Gasteiger partial charge on any atom is -0.491 e. The highest BCUT2D eigenvalue weighted by Gasteiger charge is 2.29. The van der Waals surface area contributed by atoms with Crippen LogP contribution in [0, 0.1) is 24.0 Å². The second-order valence-electron chi connectivity index (χ2n) is 8.91. The van der Waals surface area contributed by atoms with Crippen molar-refractivity contribution in [1.82, 2.24) is 15.6 Å². The molecule has 1 amide bonds. The van der Waals surface area contributed by atoms with Crippen LogP contribution in [0.15, 0.2) is 30.3 Å². The molecule has 0 unspecified atom stereocenters. The number of pyridine rings is 1. The molecule has 0 radical (unpaired) electrons. The molecule has 1 saturated carbocycles. The monoisotopic (exact) mass is 517 g/mol. The van der Waals surface area contributed by atoms with Crippen LogP contribution in [-0.4, -0.2) is 48.9 Å². The standard InChI is InChI=1S/C26H33F2N5O2S/c1-4-26(9-6-5-7-10-26)30-11-8-21(17-35-22-15-19(27)14-20(28)16-22)31-25(34)18-12-23(29)32-24(13-18)33(2)36-3/h1,12-16,21,30H,5-11,17H2,2-3H3,(H2,29,32)(H,31,34)/t21-/m1/s1. The smallest absolute Gasteiger partial charge is 0.251 e. The summed E-state index contributed by atoms with van der Waals surface area (Å²) in [6.07, 6.45) is 13.3. The molecule has 3 rings (SSSR count). The maximum atomic E-state index is 13.6. The molecule has 1 fully saturated rings. The summed E-state index contributed by atoms with van der Waals surface area (Å²) in [5, 5.41) is 6.44. The first-order valence-electron chi connectivity index (χ1n) is 11.9. The number of nitrogen functional groups attached to an aromatic ring is 1. The first kappa shape index (κ1) is 27.6. The van der Waals surface area contributed by atoms with Gasteiger partial charge >= 0.3 is 0 Å². The van der Waals surface area contributed by atoms with Gasteiger partial charge in [-0.2, -0.15) is 0 Å². The molecule has 1 aliphatic rings. The van der Waals surface area contributed by atoms with Crippen molar-refractivity contribution in [3.63, 3.8) is 0 Å². The number of nitrogens with two attached hydrogens (primary N) is 1. The van der Waals surface area contributed by atoms with E-state index in [0.717, 1.165) is 43.9 Å². The van der Waals surface area contributed by atoms with E-state index in [1.54, 1.807) is 10.4 Å². The molecule has 1 aromatic heterocycles. The van der Waals surface area contributed by atoms with Crippen molar-refractivity contribution < 1.29 is 18.3 Å². The molecule has 1 heterocycles. The van der Waals surface area contributed by atoms with Crippen LogP contribution in [0.5, 0.6) is 5.75 Å². The van der Waals surface area contributed by atoms with Crippen LogP contribution in [0.25, 0.3) is 0 Å². The molecule has 36 heavy (non-hydrogen) atoms. The lowest BCUT2D eigenvalue weighted by molar-refractivity contribution is 0.0917. The molecule has 10 heteroatoms. The zero-order valence-corrected chi connectivity index (χ0v) is 21.5. The molecule has 1 aromatic carbocycles. The lowest BCUT2D eigenvalue weighted by Crippen LogP contribution is -2.48. The summed E-state index contributed by atoms with van der Waals surface area (Å²) in [5.74, 6) is 1.89. The number of terminal acetylenes is 1. The summed E-state index contributed by atoms with van der Waals surface area (Å²) >= 11 is 1.43. The molecular formula is C26H33F2N5O2S. The number of nitrogens with zero attached hydrogens (tertiary/aromatic N) is 2. The van der Waals surface area contributed by atoms with Gasteiger partial charge in [-0.15, -0.1) is 6.42 Å². The average molecular weight is 518 g/mol. The normalized spacial score (nSPS) is 15.5. The largest absolute Gasteiger partial charge is 0.491 e. The third kappa shape index (κ3) is 7.73. The van der Waals surface area contributed by atoms with Gasteiger partial charge in [-0.05, 0) is 37.9 Å².